The third-order valence-electron chi connectivity index (χ3n) is 1.84. The van der Waals surface area contributed by atoms with E-state index in [-0.39, 0.29) is 10.6 Å². The van der Waals surface area contributed by atoms with Gasteiger partial charge in [-0.1, -0.05) is 13.3 Å². The Kier molecular flexibility index (Phi) is 3.13. The summed E-state index contributed by atoms with van der Waals surface area (Å²) in [5.41, 5.74) is 0.440. The molecule has 1 rings (SSSR count). The molecule has 0 heterocycles. The number of phenolic OH excluding ortho intramolecular Hbond substituents is 1. The highest BCUT2D eigenvalue weighted by Crippen LogP contribution is 2.21. The van der Waals surface area contributed by atoms with Crippen LogP contribution in [0.15, 0.2) is 23.1 Å². The normalized spacial score (nSPS) is 11.6. The lowest BCUT2D eigenvalue weighted by molar-refractivity contribution is 0.471. The van der Waals surface area contributed by atoms with Gasteiger partial charge >= 0.3 is 0 Å². The fourth-order valence-corrected chi connectivity index (χ4v) is 2.01. The topological polar surface area (TPSA) is 74.6 Å². The fraction of sp³-hybridized carbons (Fsp3) is 0.333. The average Bonchev–Trinajstić information content (AvgIpc) is 2.02. The second kappa shape index (κ2) is 3.98. The maximum atomic E-state index is 10.9. The van der Waals surface area contributed by atoms with Crippen molar-refractivity contribution in [3.63, 3.8) is 0 Å². The van der Waals surface area contributed by atoms with E-state index in [9.17, 15) is 8.42 Å². The Morgan fingerprint density at radius 2 is 2.00 bits per heavy atom. The zero-order valence-electron chi connectivity index (χ0n) is 7.77. The van der Waals surface area contributed by atoms with Crippen molar-refractivity contribution in [2.24, 2.45) is 0 Å². The Hall–Kier alpha value is -1.07. The number of aromatic hydroxyl groups is 1. The predicted octanol–water partition coefficient (Wildman–Crippen LogP) is 1.59. The van der Waals surface area contributed by atoms with Crippen LogP contribution >= 0.6 is 0 Å². The molecule has 0 saturated carbocycles. The average molecular weight is 216 g/mol. The van der Waals surface area contributed by atoms with E-state index in [4.69, 9.17) is 9.66 Å². The van der Waals surface area contributed by atoms with Crippen LogP contribution in [-0.4, -0.2) is 18.1 Å². The zero-order chi connectivity index (χ0) is 10.8. The van der Waals surface area contributed by atoms with E-state index in [0.29, 0.717) is 12.0 Å². The molecule has 0 aliphatic carbocycles. The van der Waals surface area contributed by atoms with Crippen molar-refractivity contribution >= 4 is 10.1 Å². The summed E-state index contributed by atoms with van der Waals surface area (Å²) in [5.74, 6) is 0.000787. The molecule has 0 aliphatic rings. The van der Waals surface area contributed by atoms with E-state index < -0.39 is 10.1 Å². The molecule has 0 fully saturated rings. The van der Waals surface area contributed by atoms with Gasteiger partial charge in [-0.15, -0.1) is 0 Å². The fourth-order valence-electron chi connectivity index (χ4n) is 1.28. The van der Waals surface area contributed by atoms with Gasteiger partial charge in [-0.2, -0.15) is 8.42 Å². The molecule has 78 valence electrons. The Labute approximate surface area is 82.9 Å². The molecule has 1 aromatic carbocycles. The molecule has 0 spiro atoms. The van der Waals surface area contributed by atoms with E-state index in [2.05, 4.69) is 0 Å². The third kappa shape index (κ3) is 2.46. The predicted molar refractivity (Wildman–Crippen MR) is 51.9 cm³/mol. The molecule has 14 heavy (non-hydrogen) atoms. The molecule has 0 saturated heterocycles. The molecule has 5 heteroatoms. The molecule has 4 nitrogen and oxygen atoms in total. The maximum absolute atomic E-state index is 10.9. The van der Waals surface area contributed by atoms with Gasteiger partial charge in [-0.25, -0.2) is 0 Å². The van der Waals surface area contributed by atoms with Crippen LogP contribution in [0.4, 0.5) is 0 Å². The van der Waals surface area contributed by atoms with Crippen LogP contribution in [0.25, 0.3) is 0 Å². The molecule has 0 bridgehead atoms. The lowest BCUT2D eigenvalue weighted by Crippen LogP contribution is -2.02. The first-order valence-corrected chi connectivity index (χ1v) is 5.68. The quantitative estimate of drug-likeness (QED) is 0.752. The van der Waals surface area contributed by atoms with Gasteiger partial charge in [0.05, 0.1) is 4.90 Å². The first-order chi connectivity index (χ1) is 6.45. The Morgan fingerprint density at radius 3 is 2.50 bits per heavy atom. The molecule has 0 aliphatic heterocycles. The van der Waals surface area contributed by atoms with Crippen molar-refractivity contribution in [1.29, 1.82) is 0 Å². The summed E-state index contributed by atoms with van der Waals surface area (Å²) in [6.07, 6.45) is 1.25. The minimum absolute atomic E-state index is 0.000787. The highest BCUT2D eigenvalue weighted by Gasteiger charge is 2.14. The molecule has 0 unspecified atom stereocenters. The minimum Gasteiger partial charge on any atom is -0.508 e. The van der Waals surface area contributed by atoms with Crippen LogP contribution in [-0.2, 0) is 16.5 Å². The molecular formula is C9H12O4S. The lowest BCUT2D eigenvalue weighted by Gasteiger charge is -2.05. The summed E-state index contributed by atoms with van der Waals surface area (Å²) in [6, 6.07) is 3.80. The van der Waals surface area contributed by atoms with Crippen LogP contribution in [0.3, 0.4) is 0 Å². The standard InChI is InChI=1S/C9H12O4S/c1-2-3-7-6-8(10)4-5-9(7)14(11,12)13/h4-6,10H,2-3H2,1H3,(H,11,12,13). The largest absolute Gasteiger partial charge is 0.508 e. The van der Waals surface area contributed by atoms with Crippen LogP contribution in [0, 0.1) is 0 Å². The first kappa shape index (κ1) is 11.0. The molecule has 1 aromatic rings. The number of aryl methyl sites for hydroxylation is 1. The number of benzene rings is 1. The molecule has 0 aromatic heterocycles. The van der Waals surface area contributed by atoms with Crippen molar-refractivity contribution in [2.75, 3.05) is 0 Å². The highest BCUT2D eigenvalue weighted by molar-refractivity contribution is 7.85. The lowest BCUT2D eigenvalue weighted by atomic mass is 10.1. The smallest absolute Gasteiger partial charge is 0.294 e. The number of phenols is 1. The molecular weight excluding hydrogens is 204 g/mol. The van der Waals surface area contributed by atoms with Crippen molar-refractivity contribution in [3.8, 4) is 5.75 Å². The summed E-state index contributed by atoms with van der Waals surface area (Å²) >= 11 is 0. The van der Waals surface area contributed by atoms with E-state index in [1.54, 1.807) is 0 Å². The minimum atomic E-state index is -4.18. The molecule has 2 N–H and O–H groups in total. The monoisotopic (exact) mass is 216 g/mol. The Morgan fingerprint density at radius 1 is 1.36 bits per heavy atom. The summed E-state index contributed by atoms with van der Waals surface area (Å²) in [7, 11) is -4.18. The van der Waals surface area contributed by atoms with E-state index in [1.807, 2.05) is 6.92 Å². The van der Waals surface area contributed by atoms with E-state index >= 15 is 0 Å². The van der Waals surface area contributed by atoms with Crippen molar-refractivity contribution in [3.05, 3.63) is 23.8 Å². The maximum Gasteiger partial charge on any atom is 0.294 e. The van der Waals surface area contributed by atoms with Crippen molar-refractivity contribution in [1.82, 2.24) is 0 Å². The number of hydrogen-bond donors (Lipinski definition) is 2. The van der Waals surface area contributed by atoms with Crippen LogP contribution in [0.5, 0.6) is 5.75 Å². The van der Waals surface area contributed by atoms with E-state index in [1.165, 1.54) is 18.2 Å². The Balaban J connectivity index is 3.29. The second-order valence-corrected chi connectivity index (χ2v) is 4.41. The van der Waals surface area contributed by atoms with Crippen LogP contribution in [0.1, 0.15) is 18.9 Å². The van der Waals surface area contributed by atoms with Crippen LogP contribution in [0.2, 0.25) is 0 Å². The van der Waals surface area contributed by atoms with Gasteiger partial charge < -0.3 is 5.11 Å². The summed E-state index contributed by atoms with van der Waals surface area (Å²) in [5, 5.41) is 9.15. The van der Waals surface area contributed by atoms with Gasteiger partial charge in [0.15, 0.2) is 0 Å². The zero-order valence-corrected chi connectivity index (χ0v) is 8.58. The summed E-state index contributed by atoms with van der Waals surface area (Å²) in [6.45, 7) is 1.89. The molecule has 0 amide bonds. The molecule has 0 radical (unpaired) electrons. The van der Waals surface area contributed by atoms with Gasteiger partial charge in [0, 0.05) is 0 Å². The first-order valence-electron chi connectivity index (χ1n) is 4.24. The van der Waals surface area contributed by atoms with Gasteiger partial charge in [0.1, 0.15) is 5.75 Å². The van der Waals surface area contributed by atoms with Crippen molar-refractivity contribution < 1.29 is 18.1 Å². The van der Waals surface area contributed by atoms with Gasteiger partial charge in [-0.05, 0) is 30.2 Å². The summed E-state index contributed by atoms with van der Waals surface area (Å²) < 4.78 is 30.7. The van der Waals surface area contributed by atoms with Gasteiger partial charge in [0.25, 0.3) is 10.1 Å². The molecule has 0 atom stereocenters. The van der Waals surface area contributed by atoms with Gasteiger partial charge in [0.2, 0.25) is 0 Å². The van der Waals surface area contributed by atoms with Crippen LogP contribution < -0.4 is 0 Å². The Bertz CT molecular complexity index is 422. The number of hydrogen-bond acceptors (Lipinski definition) is 3. The third-order valence-corrected chi connectivity index (χ3v) is 2.80. The summed E-state index contributed by atoms with van der Waals surface area (Å²) in [4.78, 5) is -0.128. The number of rotatable bonds is 3. The van der Waals surface area contributed by atoms with E-state index in [0.717, 1.165) is 6.42 Å². The second-order valence-electron chi connectivity index (χ2n) is 3.02. The van der Waals surface area contributed by atoms with Gasteiger partial charge in [-0.3, -0.25) is 4.55 Å². The SMILES string of the molecule is CCCc1cc(O)ccc1S(=O)(=O)O. The van der Waals surface area contributed by atoms with Crippen molar-refractivity contribution in [2.45, 2.75) is 24.7 Å². The highest BCUT2D eigenvalue weighted by atomic mass is 32.2.